The van der Waals surface area contributed by atoms with Gasteiger partial charge in [-0.1, -0.05) is 0 Å². The Labute approximate surface area is 81.5 Å². The van der Waals surface area contributed by atoms with Crippen molar-refractivity contribution in [3.63, 3.8) is 0 Å². The van der Waals surface area contributed by atoms with E-state index in [-0.39, 0.29) is 5.97 Å². The maximum absolute atomic E-state index is 11.3. The van der Waals surface area contributed by atoms with Crippen molar-refractivity contribution < 1.29 is 9.53 Å². The zero-order chi connectivity index (χ0) is 9.84. The lowest BCUT2D eigenvalue weighted by atomic mass is 10.2. The maximum Gasteiger partial charge on any atom is 0.339 e. The van der Waals surface area contributed by atoms with Gasteiger partial charge in [-0.3, -0.25) is 0 Å². The van der Waals surface area contributed by atoms with Gasteiger partial charge in [0.2, 0.25) is 0 Å². The third-order valence-corrected chi connectivity index (χ3v) is 2.93. The summed E-state index contributed by atoms with van der Waals surface area (Å²) in [5.41, 5.74) is 7.09. The Morgan fingerprint density at radius 1 is 1.69 bits per heavy atom. The number of esters is 1. The molecule has 0 saturated heterocycles. The molecule has 0 bridgehead atoms. The maximum atomic E-state index is 11.3. The molecule has 2 N–H and O–H groups in total. The van der Waals surface area contributed by atoms with E-state index in [9.17, 15) is 4.79 Å². The lowest BCUT2D eigenvalue weighted by Crippen LogP contribution is -2.05. The van der Waals surface area contributed by atoms with Gasteiger partial charge >= 0.3 is 5.97 Å². The van der Waals surface area contributed by atoms with Crippen LogP contribution in [-0.2, 0) is 11.3 Å². The molecule has 13 heavy (non-hydrogen) atoms. The largest absolute Gasteiger partial charge is 0.462 e. The van der Waals surface area contributed by atoms with Crippen molar-refractivity contribution in [1.82, 2.24) is 0 Å². The van der Waals surface area contributed by atoms with E-state index >= 15 is 0 Å². The van der Waals surface area contributed by atoms with Crippen molar-refractivity contribution in [2.24, 2.45) is 5.73 Å². The number of nitrogens with two attached hydrogens (primary N) is 1. The van der Waals surface area contributed by atoms with Gasteiger partial charge in [-0.15, -0.1) is 11.3 Å². The smallest absolute Gasteiger partial charge is 0.339 e. The summed E-state index contributed by atoms with van der Waals surface area (Å²) in [4.78, 5) is 12.4. The molecule has 0 fully saturated rings. The molecule has 72 valence electrons. The van der Waals surface area contributed by atoms with E-state index in [2.05, 4.69) is 0 Å². The molecule has 0 spiro atoms. The molecule has 3 nitrogen and oxygen atoms in total. The number of carbonyl (C=O) groups excluding carboxylic acids is 1. The first-order valence-electron chi connectivity index (χ1n) is 4.14. The second-order valence-electron chi connectivity index (χ2n) is 2.62. The van der Waals surface area contributed by atoms with Gasteiger partial charge in [0.05, 0.1) is 12.2 Å². The van der Waals surface area contributed by atoms with Crippen LogP contribution in [0, 0.1) is 6.92 Å². The van der Waals surface area contributed by atoms with Crippen LogP contribution in [0.25, 0.3) is 0 Å². The van der Waals surface area contributed by atoms with Crippen molar-refractivity contribution in [3.05, 3.63) is 21.4 Å². The number of ether oxygens (including phenoxy) is 1. The van der Waals surface area contributed by atoms with E-state index in [1.54, 1.807) is 12.3 Å². The van der Waals surface area contributed by atoms with Crippen molar-refractivity contribution >= 4 is 17.3 Å². The quantitative estimate of drug-likeness (QED) is 0.754. The second kappa shape index (κ2) is 4.39. The third-order valence-electron chi connectivity index (χ3n) is 1.82. The van der Waals surface area contributed by atoms with Gasteiger partial charge in [0.25, 0.3) is 0 Å². The summed E-state index contributed by atoms with van der Waals surface area (Å²) in [6, 6.07) is 0. The molecule has 0 radical (unpaired) electrons. The van der Waals surface area contributed by atoms with E-state index in [1.807, 2.05) is 6.92 Å². The highest BCUT2D eigenvalue weighted by atomic mass is 32.1. The molecule has 0 atom stereocenters. The van der Waals surface area contributed by atoms with Gasteiger partial charge in [-0.05, 0) is 19.4 Å². The summed E-state index contributed by atoms with van der Waals surface area (Å²) in [5, 5.41) is 1.80. The molecule has 0 aliphatic heterocycles. The van der Waals surface area contributed by atoms with Crippen molar-refractivity contribution in [2.75, 3.05) is 6.61 Å². The van der Waals surface area contributed by atoms with Crippen molar-refractivity contribution in [2.45, 2.75) is 20.4 Å². The Bertz CT molecular complexity index is 307. The Morgan fingerprint density at radius 2 is 2.38 bits per heavy atom. The molecule has 0 aliphatic carbocycles. The zero-order valence-electron chi connectivity index (χ0n) is 7.79. The van der Waals surface area contributed by atoms with Gasteiger partial charge in [0, 0.05) is 16.8 Å². The first kappa shape index (κ1) is 10.2. The summed E-state index contributed by atoms with van der Waals surface area (Å²) < 4.78 is 4.89. The van der Waals surface area contributed by atoms with E-state index in [4.69, 9.17) is 10.5 Å². The number of carbonyl (C=O) groups is 1. The highest BCUT2D eigenvalue weighted by Gasteiger charge is 2.13. The fraction of sp³-hybridized carbons (Fsp3) is 0.444. The number of hydrogen-bond donors (Lipinski definition) is 1. The van der Waals surface area contributed by atoms with Crippen LogP contribution in [0.15, 0.2) is 5.38 Å². The average molecular weight is 199 g/mol. The Kier molecular flexibility index (Phi) is 3.45. The Hall–Kier alpha value is -0.870. The fourth-order valence-corrected chi connectivity index (χ4v) is 1.98. The van der Waals surface area contributed by atoms with E-state index in [1.165, 1.54) is 11.3 Å². The Morgan fingerprint density at radius 3 is 2.85 bits per heavy atom. The third kappa shape index (κ3) is 2.08. The lowest BCUT2D eigenvalue weighted by Gasteiger charge is -2.00. The van der Waals surface area contributed by atoms with Crippen LogP contribution in [0.2, 0.25) is 0 Å². The predicted molar refractivity (Wildman–Crippen MR) is 52.9 cm³/mol. The van der Waals surface area contributed by atoms with E-state index < -0.39 is 0 Å². The van der Waals surface area contributed by atoms with Crippen molar-refractivity contribution in [1.29, 1.82) is 0 Å². The summed E-state index contributed by atoms with van der Waals surface area (Å²) in [7, 11) is 0. The molecule has 0 saturated carbocycles. The van der Waals surface area contributed by atoms with Gasteiger partial charge in [-0.25, -0.2) is 4.79 Å². The molecule has 1 aromatic heterocycles. The highest BCUT2D eigenvalue weighted by Crippen LogP contribution is 2.21. The molecule has 0 amide bonds. The molecular weight excluding hydrogens is 186 g/mol. The zero-order valence-corrected chi connectivity index (χ0v) is 8.61. The molecule has 4 heteroatoms. The molecule has 1 aromatic rings. The SMILES string of the molecule is CCOC(=O)c1csc(CN)c1C. The fourth-order valence-electron chi connectivity index (χ4n) is 1.07. The summed E-state index contributed by atoms with van der Waals surface area (Å²) in [6.07, 6.45) is 0. The number of hydrogen-bond acceptors (Lipinski definition) is 4. The van der Waals surface area contributed by atoms with Gasteiger partial charge in [-0.2, -0.15) is 0 Å². The van der Waals surface area contributed by atoms with E-state index in [0.717, 1.165) is 10.4 Å². The van der Waals surface area contributed by atoms with Gasteiger partial charge < -0.3 is 10.5 Å². The van der Waals surface area contributed by atoms with Crippen LogP contribution < -0.4 is 5.73 Å². The standard InChI is InChI=1S/C9H13NO2S/c1-3-12-9(11)7-5-13-8(4-10)6(7)2/h5H,3-4,10H2,1-2H3. The first-order chi connectivity index (χ1) is 6.20. The van der Waals surface area contributed by atoms with Crippen LogP contribution >= 0.6 is 11.3 Å². The van der Waals surface area contributed by atoms with Crippen molar-refractivity contribution in [3.8, 4) is 0 Å². The average Bonchev–Trinajstić information content (AvgIpc) is 2.47. The summed E-state index contributed by atoms with van der Waals surface area (Å²) in [5.74, 6) is -0.254. The normalized spacial score (nSPS) is 10.1. The molecule has 0 unspecified atom stereocenters. The monoisotopic (exact) mass is 199 g/mol. The molecule has 1 heterocycles. The molecule has 0 aliphatic rings. The first-order valence-corrected chi connectivity index (χ1v) is 5.02. The minimum atomic E-state index is -0.254. The lowest BCUT2D eigenvalue weighted by molar-refractivity contribution is 0.0526. The number of thiophene rings is 1. The van der Waals surface area contributed by atoms with Crippen LogP contribution in [0.4, 0.5) is 0 Å². The highest BCUT2D eigenvalue weighted by molar-refractivity contribution is 7.10. The van der Waals surface area contributed by atoms with E-state index in [0.29, 0.717) is 18.7 Å². The van der Waals surface area contributed by atoms with Crippen LogP contribution in [-0.4, -0.2) is 12.6 Å². The Balaban J connectivity index is 2.89. The molecular formula is C9H13NO2S. The van der Waals surface area contributed by atoms with Gasteiger partial charge in [0.15, 0.2) is 0 Å². The molecule has 0 aromatic carbocycles. The van der Waals surface area contributed by atoms with Crippen LogP contribution in [0.5, 0.6) is 0 Å². The van der Waals surface area contributed by atoms with Crippen LogP contribution in [0.3, 0.4) is 0 Å². The minimum absolute atomic E-state index is 0.254. The predicted octanol–water partition coefficient (Wildman–Crippen LogP) is 1.69. The minimum Gasteiger partial charge on any atom is -0.462 e. The second-order valence-corrected chi connectivity index (χ2v) is 3.59. The van der Waals surface area contributed by atoms with Gasteiger partial charge in [0.1, 0.15) is 0 Å². The summed E-state index contributed by atoms with van der Waals surface area (Å²) >= 11 is 1.50. The number of rotatable bonds is 3. The molecule has 1 rings (SSSR count). The van der Waals surface area contributed by atoms with Crippen LogP contribution in [0.1, 0.15) is 27.7 Å². The summed E-state index contributed by atoms with van der Waals surface area (Å²) in [6.45, 7) is 4.58. The topological polar surface area (TPSA) is 52.3 Å².